The summed E-state index contributed by atoms with van der Waals surface area (Å²) in [5.74, 6) is 0. The second-order valence-corrected chi connectivity index (χ2v) is 3.05. The van der Waals surface area contributed by atoms with Crippen molar-refractivity contribution in [2.24, 2.45) is 5.73 Å². The Labute approximate surface area is 80.4 Å². The summed E-state index contributed by atoms with van der Waals surface area (Å²) in [4.78, 5) is 8.24. The lowest BCUT2D eigenvalue weighted by atomic mass is 10.3. The van der Waals surface area contributed by atoms with Gasteiger partial charge in [-0.1, -0.05) is 11.6 Å². The van der Waals surface area contributed by atoms with Crippen LogP contribution >= 0.6 is 11.6 Å². The van der Waals surface area contributed by atoms with E-state index in [-0.39, 0.29) is 0 Å². The van der Waals surface area contributed by atoms with Crippen LogP contribution in [0.1, 0.15) is 5.69 Å². The van der Waals surface area contributed by atoms with E-state index in [1.54, 1.807) is 23.0 Å². The summed E-state index contributed by atoms with van der Waals surface area (Å²) in [5, 5.41) is 0.628. The van der Waals surface area contributed by atoms with E-state index in [1.165, 1.54) is 0 Å². The Morgan fingerprint density at radius 1 is 1.54 bits per heavy atom. The topological polar surface area (TPSA) is 56.2 Å². The lowest BCUT2D eigenvalue weighted by molar-refractivity contribution is 0.937. The van der Waals surface area contributed by atoms with E-state index in [1.807, 2.05) is 0 Å². The number of nitrogens with two attached hydrogens (primary N) is 1. The Bertz CT molecular complexity index is 423. The molecule has 5 heteroatoms. The maximum Gasteiger partial charge on any atom is 0.156 e. The molecule has 0 aliphatic rings. The van der Waals surface area contributed by atoms with Crippen molar-refractivity contribution in [3.05, 3.63) is 29.4 Å². The van der Waals surface area contributed by atoms with Crippen molar-refractivity contribution in [1.82, 2.24) is 14.4 Å². The molecule has 68 valence electrons. The molecule has 2 heterocycles. The Hall–Kier alpha value is -1.13. The van der Waals surface area contributed by atoms with Crippen molar-refractivity contribution in [2.45, 2.75) is 6.42 Å². The quantitative estimate of drug-likeness (QED) is 0.776. The Morgan fingerprint density at radius 3 is 3.08 bits per heavy atom. The van der Waals surface area contributed by atoms with Crippen molar-refractivity contribution < 1.29 is 0 Å². The minimum absolute atomic E-state index is 0.553. The number of nitrogens with zero attached hydrogens (tertiary/aromatic N) is 3. The van der Waals surface area contributed by atoms with Gasteiger partial charge < -0.3 is 5.73 Å². The molecule has 0 saturated carbocycles. The minimum Gasteiger partial charge on any atom is -0.330 e. The molecule has 0 radical (unpaired) electrons. The smallest absolute Gasteiger partial charge is 0.156 e. The number of hydrogen-bond acceptors (Lipinski definition) is 3. The van der Waals surface area contributed by atoms with Crippen LogP contribution in [0.4, 0.5) is 0 Å². The van der Waals surface area contributed by atoms with E-state index < -0.39 is 0 Å². The van der Waals surface area contributed by atoms with Gasteiger partial charge in [0, 0.05) is 18.8 Å². The van der Waals surface area contributed by atoms with Gasteiger partial charge in [-0.15, -0.1) is 0 Å². The molecule has 13 heavy (non-hydrogen) atoms. The molecular weight excluding hydrogens is 188 g/mol. The van der Waals surface area contributed by atoms with E-state index in [4.69, 9.17) is 17.3 Å². The van der Waals surface area contributed by atoms with Gasteiger partial charge in [0.15, 0.2) is 5.65 Å². The van der Waals surface area contributed by atoms with Gasteiger partial charge in [0.1, 0.15) is 5.15 Å². The zero-order valence-electron chi connectivity index (χ0n) is 6.94. The summed E-state index contributed by atoms with van der Waals surface area (Å²) in [7, 11) is 0. The van der Waals surface area contributed by atoms with E-state index in [0.717, 1.165) is 11.3 Å². The third-order valence-corrected chi connectivity index (χ3v) is 2.22. The first-order valence-corrected chi connectivity index (χ1v) is 4.37. The van der Waals surface area contributed by atoms with Gasteiger partial charge in [-0.25, -0.2) is 4.98 Å². The third kappa shape index (κ3) is 1.38. The second kappa shape index (κ2) is 3.32. The fraction of sp³-hybridized carbons (Fsp3) is 0.250. The van der Waals surface area contributed by atoms with E-state index in [0.29, 0.717) is 18.1 Å². The molecule has 0 saturated heterocycles. The number of imidazole rings is 1. The summed E-state index contributed by atoms with van der Waals surface area (Å²) in [6.07, 6.45) is 5.82. The van der Waals surface area contributed by atoms with E-state index in [9.17, 15) is 0 Å². The van der Waals surface area contributed by atoms with Crippen LogP contribution in [0.3, 0.4) is 0 Å². The zero-order valence-corrected chi connectivity index (χ0v) is 7.70. The first-order chi connectivity index (χ1) is 6.33. The lowest BCUT2D eigenvalue weighted by Crippen LogP contribution is -2.03. The molecule has 2 aromatic rings. The molecule has 0 spiro atoms. The molecule has 0 unspecified atom stereocenters. The molecule has 0 amide bonds. The van der Waals surface area contributed by atoms with Crippen molar-refractivity contribution in [2.75, 3.05) is 6.54 Å². The molecule has 0 aliphatic heterocycles. The number of rotatable bonds is 2. The lowest BCUT2D eigenvalue weighted by Gasteiger charge is -1.92. The highest BCUT2D eigenvalue weighted by atomic mass is 35.5. The van der Waals surface area contributed by atoms with Crippen molar-refractivity contribution in [1.29, 1.82) is 0 Å². The maximum atomic E-state index is 6.05. The van der Waals surface area contributed by atoms with Gasteiger partial charge in [0.25, 0.3) is 0 Å². The highest BCUT2D eigenvalue weighted by Crippen LogP contribution is 2.17. The molecule has 0 bridgehead atoms. The van der Waals surface area contributed by atoms with Crippen molar-refractivity contribution in [3.63, 3.8) is 0 Å². The summed E-state index contributed by atoms with van der Waals surface area (Å²) in [6, 6.07) is 0. The maximum absolute atomic E-state index is 6.05. The number of aromatic nitrogens is 3. The molecule has 0 fully saturated rings. The first-order valence-electron chi connectivity index (χ1n) is 3.99. The fourth-order valence-corrected chi connectivity index (χ4v) is 1.50. The normalized spacial score (nSPS) is 10.9. The summed E-state index contributed by atoms with van der Waals surface area (Å²) >= 11 is 6.05. The van der Waals surface area contributed by atoms with Crippen molar-refractivity contribution >= 4 is 17.2 Å². The van der Waals surface area contributed by atoms with Crippen LogP contribution in [0.25, 0.3) is 5.65 Å². The molecule has 2 N–H and O–H groups in total. The largest absolute Gasteiger partial charge is 0.330 e. The van der Waals surface area contributed by atoms with Crippen LogP contribution in [0, 0.1) is 0 Å². The Kier molecular flexibility index (Phi) is 2.16. The monoisotopic (exact) mass is 196 g/mol. The predicted molar refractivity (Wildman–Crippen MR) is 50.8 cm³/mol. The molecule has 0 atom stereocenters. The van der Waals surface area contributed by atoms with Crippen LogP contribution in [0.15, 0.2) is 18.6 Å². The molecule has 2 aromatic heterocycles. The second-order valence-electron chi connectivity index (χ2n) is 2.69. The molecule has 0 aromatic carbocycles. The highest BCUT2D eigenvalue weighted by Gasteiger charge is 2.07. The zero-order chi connectivity index (χ0) is 9.26. The van der Waals surface area contributed by atoms with Crippen LogP contribution in [-0.2, 0) is 6.42 Å². The molecule has 2 rings (SSSR count). The van der Waals surface area contributed by atoms with Gasteiger partial charge in [-0.2, -0.15) is 0 Å². The van der Waals surface area contributed by atoms with Gasteiger partial charge in [0.05, 0.1) is 11.9 Å². The number of halogens is 1. The standard InChI is InChI=1S/C8H9ClN4/c9-8-6(1-2-10)12-7-5-11-3-4-13(7)8/h3-5H,1-2,10H2. The van der Waals surface area contributed by atoms with E-state index >= 15 is 0 Å². The van der Waals surface area contributed by atoms with Crippen LogP contribution in [0.2, 0.25) is 5.15 Å². The predicted octanol–water partition coefficient (Wildman–Crippen LogP) is 0.884. The fourth-order valence-electron chi connectivity index (χ4n) is 1.22. The number of hydrogen-bond donors (Lipinski definition) is 1. The summed E-state index contributed by atoms with van der Waals surface area (Å²) in [5.41, 5.74) is 7.02. The Morgan fingerprint density at radius 2 is 2.38 bits per heavy atom. The molecule has 0 aliphatic carbocycles. The summed E-state index contributed by atoms with van der Waals surface area (Å²) in [6.45, 7) is 0.553. The SMILES string of the molecule is NCCc1nc2cnccn2c1Cl. The molecular formula is C8H9ClN4. The Balaban J connectivity index is 2.60. The third-order valence-electron chi connectivity index (χ3n) is 1.82. The summed E-state index contributed by atoms with van der Waals surface area (Å²) < 4.78 is 1.79. The van der Waals surface area contributed by atoms with Gasteiger partial charge in [0.2, 0.25) is 0 Å². The van der Waals surface area contributed by atoms with Gasteiger partial charge in [-0.3, -0.25) is 9.38 Å². The number of fused-ring (bicyclic) bond motifs is 1. The average molecular weight is 197 g/mol. The van der Waals surface area contributed by atoms with Gasteiger partial charge >= 0.3 is 0 Å². The molecule has 4 nitrogen and oxygen atoms in total. The first kappa shape index (κ1) is 8.47. The van der Waals surface area contributed by atoms with Crippen LogP contribution < -0.4 is 5.73 Å². The van der Waals surface area contributed by atoms with Crippen molar-refractivity contribution in [3.8, 4) is 0 Å². The highest BCUT2D eigenvalue weighted by molar-refractivity contribution is 6.30. The average Bonchev–Trinajstić information content (AvgIpc) is 2.46. The van der Waals surface area contributed by atoms with E-state index in [2.05, 4.69) is 9.97 Å². The van der Waals surface area contributed by atoms with Gasteiger partial charge in [-0.05, 0) is 6.54 Å². The minimum atomic E-state index is 0.553. The van der Waals surface area contributed by atoms with Crippen LogP contribution in [-0.4, -0.2) is 20.9 Å². The van der Waals surface area contributed by atoms with Crippen LogP contribution in [0.5, 0.6) is 0 Å².